The highest BCUT2D eigenvalue weighted by molar-refractivity contribution is 7.80. The van der Waals surface area contributed by atoms with Crippen LogP contribution in [-0.2, 0) is 0 Å². The molecule has 0 amide bonds. The molecule has 0 fully saturated rings. The molecule has 0 heterocycles. The van der Waals surface area contributed by atoms with Crippen LogP contribution in [0.1, 0.15) is 33.3 Å². The lowest BCUT2D eigenvalue weighted by Gasteiger charge is -2.36. The molecule has 0 spiro atoms. The molecule has 0 aliphatic heterocycles. The molecule has 2 heteroatoms. The third-order valence-corrected chi connectivity index (χ3v) is 2.81. The molecule has 0 aliphatic carbocycles. The second-order valence-electron chi connectivity index (χ2n) is 5.11. The summed E-state index contributed by atoms with van der Waals surface area (Å²) >= 11 is 5.29. The van der Waals surface area contributed by atoms with Crippen LogP contribution in [0.2, 0.25) is 0 Å². The van der Waals surface area contributed by atoms with Crippen molar-refractivity contribution in [1.82, 2.24) is 4.90 Å². The van der Waals surface area contributed by atoms with Crippen LogP contribution in [0, 0.1) is 0 Å². The molecule has 92 valence electrons. The van der Waals surface area contributed by atoms with Gasteiger partial charge in [0, 0.05) is 12.1 Å². The van der Waals surface area contributed by atoms with Gasteiger partial charge in [0.1, 0.15) is 0 Å². The highest BCUT2D eigenvalue weighted by atomic mass is 32.1. The van der Waals surface area contributed by atoms with Crippen LogP contribution in [0.4, 0.5) is 0 Å². The first kappa shape index (κ1) is 13.9. The second kappa shape index (κ2) is 5.97. The largest absolute Gasteiger partial charge is 0.358 e. The summed E-state index contributed by atoms with van der Waals surface area (Å²) in [5.41, 5.74) is 1.30. The van der Waals surface area contributed by atoms with E-state index >= 15 is 0 Å². The van der Waals surface area contributed by atoms with E-state index in [-0.39, 0.29) is 5.54 Å². The summed E-state index contributed by atoms with van der Waals surface area (Å²) in [5.74, 6) is 0. The molecule has 1 nitrogen and oxygen atoms in total. The molecule has 0 atom stereocenters. The van der Waals surface area contributed by atoms with E-state index in [0.29, 0.717) is 0 Å². The standard InChI is InChI=1S/C15H21NS/c1-13(17)16(15(2,3)4)12-8-11-14-9-6-5-7-10-14/h5-11H,12H2,1-4H3/b11-8+. The number of benzene rings is 1. The van der Waals surface area contributed by atoms with E-state index in [1.165, 1.54) is 5.56 Å². The lowest BCUT2D eigenvalue weighted by molar-refractivity contribution is 0.261. The van der Waals surface area contributed by atoms with Gasteiger partial charge in [-0.1, -0.05) is 54.7 Å². The average Bonchev–Trinajstić information content (AvgIpc) is 2.23. The Morgan fingerprint density at radius 2 is 1.82 bits per heavy atom. The van der Waals surface area contributed by atoms with Crippen molar-refractivity contribution in [2.45, 2.75) is 33.2 Å². The summed E-state index contributed by atoms with van der Waals surface area (Å²) in [7, 11) is 0. The van der Waals surface area contributed by atoms with Crippen LogP contribution in [0.25, 0.3) is 6.08 Å². The Bertz CT molecular complexity index is 387. The van der Waals surface area contributed by atoms with Gasteiger partial charge in [0.25, 0.3) is 0 Å². The second-order valence-corrected chi connectivity index (χ2v) is 5.70. The minimum absolute atomic E-state index is 0.0763. The summed E-state index contributed by atoms with van der Waals surface area (Å²) in [4.78, 5) is 3.16. The Kier molecular flexibility index (Phi) is 4.88. The number of hydrogen-bond acceptors (Lipinski definition) is 1. The Balaban J connectivity index is 2.65. The molecule has 0 aromatic heterocycles. The van der Waals surface area contributed by atoms with Crippen molar-refractivity contribution in [2.75, 3.05) is 6.54 Å². The fourth-order valence-electron chi connectivity index (χ4n) is 1.73. The number of hydrogen-bond donors (Lipinski definition) is 0. The van der Waals surface area contributed by atoms with Gasteiger partial charge >= 0.3 is 0 Å². The van der Waals surface area contributed by atoms with Gasteiger partial charge in [0.05, 0.1) is 4.99 Å². The minimum atomic E-state index is 0.0763. The van der Waals surface area contributed by atoms with Gasteiger partial charge in [-0.2, -0.15) is 0 Å². The van der Waals surface area contributed by atoms with Gasteiger partial charge in [0.2, 0.25) is 0 Å². The zero-order chi connectivity index (χ0) is 12.9. The van der Waals surface area contributed by atoms with E-state index in [1.54, 1.807) is 0 Å². The predicted molar refractivity (Wildman–Crippen MR) is 80.2 cm³/mol. The third-order valence-electron chi connectivity index (χ3n) is 2.59. The van der Waals surface area contributed by atoms with E-state index in [9.17, 15) is 0 Å². The zero-order valence-electron chi connectivity index (χ0n) is 11.1. The van der Waals surface area contributed by atoms with E-state index in [2.05, 4.69) is 50.0 Å². The van der Waals surface area contributed by atoms with Crippen molar-refractivity contribution in [2.24, 2.45) is 0 Å². The topological polar surface area (TPSA) is 3.24 Å². The fourth-order valence-corrected chi connectivity index (χ4v) is 2.08. The first-order valence-electron chi connectivity index (χ1n) is 5.91. The molecule has 0 unspecified atom stereocenters. The quantitative estimate of drug-likeness (QED) is 0.738. The van der Waals surface area contributed by atoms with E-state index in [4.69, 9.17) is 12.2 Å². The highest BCUT2D eigenvalue weighted by Gasteiger charge is 2.19. The Morgan fingerprint density at radius 1 is 1.24 bits per heavy atom. The monoisotopic (exact) mass is 247 g/mol. The Hall–Kier alpha value is -1.15. The van der Waals surface area contributed by atoms with Crippen LogP contribution in [-0.4, -0.2) is 22.0 Å². The van der Waals surface area contributed by atoms with Crippen molar-refractivity contribution in [3.8, 4) is 0 Å². The molecule has 1 aromatic carbocycles. The smallest absolute Gasteiger partial charge is 0.0754 e. The van der Waals surface area contributed by atoms with E-state index in [0.717, 1.165) is 11.5 Å². The van der Waals surface area contributed by atoms with Crippen molar-refractivity contribution >= 4 is 23.3 Å². The zero-order valence-corrected chi connectivity index (χ0v) is 11.9. The Morgan fingerprint density at radius 3 is 2.29 bits per heavy atom. The van der Waals surface area contributed by atoms with Crippen molar-refractivity contribution in [3.05, 3.63) is 42.0 Å². The number of nitrogens with zero attached hydrogens (tertiary/aromatic N) is 1. The number of thiocarbonyl (C=S) groups is 1. The first-order valence-corrected chi connectivity index (χ1v) is 6.32. The van der Waals surface area contributed by atoms with Gasteiger partial charge in [-0.3, -0.25) is 0 Å². The molecule has 0 radical (unpaired) electrons. The summed E-state index contributed by atoms with van der Waals surface area (Å²) in [6.07, 6.45) is 4.30. The maximum Gasteiger partial charge on any atom is 0.0754 e. The van der Waals surface area contributed by atoms with Crippen molar-refractivity contribution < 1.29 is 0 Å². The molecular weight excluding hydrogens is 226 g/mol. The SMILES string of the molecule is CC(=S)N(C/C=C/c1ccccc1)C(C)(C)C. The predicted octanol–water partition coefficient (Wildman–Crippen LogP) is 4.15. The lowest BCUT2D eigenvalue weighted by atomic mass is 10.1. The molecular formula is C15H21NS. The van der Waals surface area contributed by atoms with Crippen LogP contribution < -0.4 is 0 Å². The molecule has 0 aliphatic rings. The average molecular weight is 247 g/mol. The summed E-state index contributed by atoms with van der Waals surface area (Å²) in [6, 6.07) is 10.3. The summed E-state index contributed by atoms with van der Waals surface area (Å²) in [5, 5.41) is 0. The maximum absolute atomic E-state index is 5.29. The maximum atomic E-state index is 5.29. The van der Waals surface area contributed by atoms with Gasteiger partial charge in [-0.15, -0.1) is 0 Å². The molecule has 0 saturated heterocycles. The molecule has 0 bridgehead atoms. The van der Waals surface area contributed by atoms with E-state index in [1.807, 2.05) is 25.1 Å². The minimum Gasteiger partial charge on any atom is -0.358 e. The molecule has 0 N–H and O–H groups in total. The van der Waals surface area contributed by atoms with Crippen LogP contribution in [0.5, 0.6) is 0 Å². The van der Waals surface area contributed by atoms with Crippen LogP contribution >= 0.6 is 12.2 Å². The molecule has 0 saturated carbocycles. The summed E-state index contributed by atoms with van der Waals surface area (Å²) in [6.45, 7) is 9.38. The third kappa shape index (κ3) is 4.70. The fraction of sp³-hybridized carbons (Fsp3) is 0.400. The van der Waals surface area contributed by atoms with Crippen LogP contribution in [0.15, 0.2) is 36.4 Å². The van der Waals surface area contributed by atoms with Gasteiger partial charge in [-0.25, -0.2) is 0 Å². The van der Waals surface area contributed by atoms with Crippen LogP contribution in [0.3, 0.4) is 0 Å². The van der Waals surface area contributed by atoms with Gasteiger partial charge in [-0.05, 0) is 33.3 Å². The van der Waals surface area contributed by atoms with Gasteiger partial charge < -0.3 is 4.90 Å². The Labute approximate surface area is 110 Å². The van der Waals surface area contributed by atoms with E-state index < -0.39 is 0 Å². The summed E-state index contributed by atoms with van der Waals surface area (Å²) < 4.78 is 0. The lowest BCUT2D eigenvalue weighted by Crippen LogP contribution is -2.43. The molecule has 1 aromatic rings. The molecule has 1 rings (SSSR count). The number of rotatable bonds is 3. The highest BCUT2D eigenvalue weighted by Crippen LogP contribution is 2.14. The van der Waals surface area contributed by atoms with Gasteiger partial charge in [0.15, 0.2) is 0 Å². The van der Waals surface area contributed by atoms with Crippen molar-refractivity contribution in [1.29, 1.82) is 0 Å². The van der Waals surface area contributed by atoms with Crippen molar-refractivity contribution in [3.63, 3.8) is 0 Å². The first-order chi connectivity index (χ1) is 7.91. The molecule has 17 heavy (non-hydrogen) atoms. The normalized spacial score (nSPS) is 11.8.